The number of aryl methyl sites for hydroxylation is 1. The van der Waals surface area contributed by atoms with Gasteiger partial charge in [0.2, 0.25) is 0 Å². The number of unbranched alkanes of at least 4 members (excludes halogenated alkanes) is 1. The molecule has 19 heavy (non-hydrogen) atoms. The van der Waals surface area contributed by atoms with Crippen LogP contribution in [0.25, 0.3) is 0 Å². The molecule has 1 rings (SSSR count). The Morgan fingerprint density at radius 2 is 1.95 bits per heavy atom. The summed E-state index contributed by atoms with van der Waals surface area (Å²) in [5.74, 6) is 2.93. The monoisotopic (exact) mass is 265 g/mol. The van der Waals surface area contributed by atoms with Crippen LogP contribution < -0.4 is 5.32 Å². The van der Waals surface area contributed by atoms with Crippen LogP contribution in [-0.2, 0) is 0 Å². The normalized spacial score (nSPS) is 14.5. The van der Waals surface area contributed by atoms with E-state index in [1.54, 1.807) is 0 Å². The smallest absolute Gasteiger partial charge is 0.121 e. The van der Waals surface area contributed by atoms with Crippen LogP contribution in [0.3, 0.4) is 0 Å². The standard InChI is InChI=1S/C17H31NO/c1-5-8-9-15(7-3)13-16(18-12-6-2)17-11-10-14(4)19-17/h10-11,15-16,18H,5-9,12-13H2,1-4H3. The van der Waals surface area contributed by atoms with Gasteiger partial charge in [0.25, 0.3) is 0 Å². The van der Waals surface area contributed by atoms with E-state index >= 15 is 0 Å². The molecule has 0 amide bonds. The van der Waals surface area contributed by atoms with Crippen LogP contribution in [0.2, 0.25) is 0 Å². The second-order valence-electron chi connectivity index (χ2n) is 5.61. The van der Waals surface area contributed by atoms with E-state index in [9.17, 15) is 0 Å². The van der Waals surface area contributed by atoms with E-state index in [2.05, 4.69) is 38.2 Å². The zero-order valence-corrected chi connectivity index (χ0v) is 13.2. The average molecular weight is 265 g/mol. The molecular formula is C17H31NO. The minimum atomic E-state index is 0.385. The van der Waals surface area contributed by atoms with Crippen LogP contribution in [0.5, 0.6) is 0 Å². The fourth-order valence-corrected chi connectivity index (χ4v) is 2.57. The van der Waals surface area contributed by atoms with E-state index in [1.807, 2.05) is 6.92 Å². The summed E-state index contributed by atoms with van der Waals surface area (Å²) < 4.78 is 5.83. The fourth-order valence-electron chi connectivity index (χ4n) is 2.57. The number of furan rings is 1. The lowest BCUT2D eigenvalue weighted by atomic mass is 9.91. The van der Waals surface area contributed by atoms with Crippen LogP contribution in [-0.4, -0.2) is 6.54 Å². The summed E-state index contributed by atoms with van der Waals surface area (Å²) >= 11 is 0. The topological polar surface area (TPSA) is 25.2 Å². The van der Waals surface area contributed by atoms with Crippen molar-refractivity contribution in [3.05, 3.63) is 23.7 Å². The lowest BCUT2D eigenvalue weighted by Gasteiger charge is -2.22. The first kappa shape index (κ1) is 16.3. The van der Waals surface area contributed by atoms with Crippen molar-refractivity contribution in [2.75, 3.05) is 6.54 Å². The number of nitrogens with one attached hydrogen (secondary N) is 1. The quantitative estimate of drug-likeness (QED) is 0.626. The first-order chi connectivity index (χ1) is 9.21. The highest BCUT2D eigenvalue weighted by Gasteiger charge is 2.19. The van der Waals surface area contributed by atoms with Crippen LogP contribution in [0.4, 0.5) is 0 Å². The van der Waals surface area contributed by atoms with Crippen molar-refractivity contribution in [2.24, 2.45) is 5.92 Å². The lowest BCUT2D eigenvalue weighted by Crippen LogP contribution is -2.24. The molecule has 2 heteroatoms. The summed E-state index contributed by atoms with van der Waals surface area (Å²) in [6.45, 7) is 9.88. The molecule has 1 aromatic rings. The van der Waals surface area contributed by atoms with E-state index in [-0.39, 0.29) is 0 Å². The first-order valence-electron chi connectivity index (χ1n) is 8.00. The summed E-state index contributed by atoms with van der Waals surface area (Å²) in [6.07, 6.45) is 7.62. The van der Waals surface area contributed by atoms with Crippen molar-refractivity contribution in [2.45, 2.75) is 72.3 Å². The Hall–Kier alpha value is -0.760. The zero-order chi connectivity index (χ0) is 14.1. The maximum atomic E-state index is 5.83. The van der Waals surface area contributed by atoms with Gasteiger partial charge < -0.3 is 9.73 Å². The third kappa shape index (κ3) is 5.82. The average Bonchev–Trinajstić information content (AvgIpc) is 2.84. The van der Waals surface area contributed by atoms with Gasteiger partial charge in [0.05, 0.1) is 6.04 Å². The predicted octanol–water partition coefficient (Wildman–Crippen LogP) is 5.24. The molecule has 0 bridgehead atoms. The summed E-state index contributed by atoms with van der Waals surface area (Å²) in [5, 5.41) is 3.65. The molecule has 0 radical (unpaired) electrons. The zero-order valence-electron chi connectivity index (χ0n) is 13.2. The van der Waals surface area contributed by atoms with Crippen molar-refractivity contribution in [1.29, 1.82) is 0 Å². The van der Waals surface area contributed by atoms with Crippen molar-refractivity contribution in [3.63, 3.8) is 0 Å². The summed E-state index contributed by atoms with van der Waals surface area (Å²) in [4.78, 5) is 0. The largest absolute Gasteiger partial charge is 0.465 e. The van der Waals surface area contributed by atoms with E-state index in [0.717, 1.165) is 24.0 Å². The Morgan fingerprint density at radius 1 is 1.16 bits per heavy atom. The van der Waals surface area contributed by atoms with Crippen molar-refractivity contribution in [3.8, 4) is 0 Å². The molecule has 0 spiro atoms. The molecule has 1 heterocycles. The van der Waals surface area contributed by atoms with Gasteiger partial charge in [-0.05, 0) is 44.4 Å². The Morgan fingerprint density at radius 3 is 2.47 bits per heavy atom. The summed E-state index contributed by atoms with van der Waals surface area (Å²) in [7, 11) is 0. The van der Waals surface area contributed by atoms with E-state index < -0.39 is 0 Å². The predicted molar refractivity (Wildman–Crippen MR) is 82.4 cm³/mol. The van der Waals surface area contributed by atoms with E-state index in [4.69, 9.17) is 4.42 Å². The highest BCUT2D eigenvalue weighted by atomic mass is 16.3. The molecule has 0 aromatic carbocycles. The SMILES string of the molecule is CCCCC(CC)CC(NCCC)c1ccc(C)o1. The first-order valence-corrected chi connectivity index (χ1v) is 8.00. The van der Waals surface area contributed by atoms with Crippen molar-refractivity contribution < 1.29 is 4.42 Å². The fraction of sp³-hybridized carbons (Fsp3) is 0.765. The molecule has 110 valence electrons. The molecule has 1 N–H and O–H groups in total. The molecule has 1 aromatic heterocycles. The third-order valence-corrected chi connectivity index (χ3v) is 3.86. The van der Waals surface area contributed by atoms with Gasteiger partial charge in [-0.25, -0.2) is 0 Å². The van der Waals surface area contributed by atoms with E-state index in [1.165, 1.54) is 38.5 Å². The highest BCUT2D eigenvalue weighted by Crippen LogP contribution is 2.27. The van der Waals surface area contributed by atoms with Crippen LogP contribution in [0, 0.1) is 12.8 Å². The molecule has 0 aliphatic heterocycles. The third-order valence-electron chi connectivity index (χ3n) is 3.86. The number of rotatable bonds is 10. The minimum Gasteiger partial charge on any atom is -0.465 e. The molecule has 0 fully saturated rings. The maximum absolute atomic E-state index is 5.83. The van der Waals surface area contributed by atoms with Gasteiger partial charge >= 0.3 is 0 Å². The molecule has 0 saturated carbocycles. The summed E-state index contributed by atoms with van der Waals surface area (Å²) in [5.41, 5.74) is 0. The van der Waals surface area contributed by atoms with Crippen LogP contribution >= 0.6 is 0 Å². The van der Waals surface area contributed by atoms with Gasteiger partial charge in [0, 0.05) is 0 Å². The minimum absolute atomic E-state index is 0.385. The number of hydrogen-bond acceptors (Lipinski definition) is 2. The van der Waals surface area contributed by atoms with Gasteiger partial charge in [0.15, 0.2) is 0 Å². The van der Waals surface area contributed by atoms with Gasteiger partial charge in [-0.15, -0.1) is 0 Å². The van der Waals surface area contributed by atoms with Crippen LogP contribution in [0.15, 0.2) is 16.5 Å². The highest BCUT2D eigenvalue weighted by molar-refractivity contribution is 5.09. The van der Waals surface area contributed by atoms with Gasteiger partial charge in [-0.2, -0.15) is 0 Å². The van der Waals surface area contributed by atoms with Gasteiger partial charge in [0.1, 0.15) is 11.5 Å². The molecule has 0 aliphatic carbocycles. The molecule has 2 atom stereocenters. The summed E-state index contributed by atoms with van der Waals surface area (Å²) in [6, 6.07) is 4.59. The van der Waals surface area contributed by atoms with E-state index in [0.29, 0.717) is 6.04 Å². The Labute approximate surface area is 119 Å². The lowest BCUT2D eigenvalue weighted by molar-refractivity contribution is 0.314. The van der Waals surface area contributed by atoms with Crippen LogP contribution in [0.1, 0.15) is 76.9 Å². The maximum Gasteiger partial charge on any atom is 0.121 e. The van der Waals surface area contributed by atoms with Crippen molar-refractivity contribution >= 4 is 0 Å². The molecule has 0 saturated heterocycles. The Balaban J connectivity index is 2.62. The molecule has 0 aliphatic rings. The Kier molecular flexibility index (Phi) is 7.88. The second-order valence-corrected chi connectivity index (χ2v) is 5.61. The second kappa shape index (κ2) is 9.19. The molecule has 2 unspecified atom stereocenters. The molecular weight excluding hydrogens is 234 g/mol. The molecule has 2 nitrogen and oxygen atoms in total. The van der Waals surface area contributed by atoms with Gasteiger partial charge in [-0.3, -0.25) is 0 Å². The van der Waals surface area contributed by atoms with Gasteiger partial charge in [-0.1, -0.05) is 46.5 Å². The number of hydrogen-bond donors (Lipinski definition) is 1. The Bertz CT molecular complexity index is 332. The van der Waals surface area contributed by atoms with Crippen molar-refractivity contribution in [1.82, 2.24) is 5.32 Å².